The molecule has 3 N–H and O–H groups in total. The fraction of sp³-hybridized carbons (Fsp3) is 0.333. The Morgan fingerprint density at radius 2 is 2.07 bits per heavy atom. The average Bonchev–Trinajstić information content (AvgIpc) is 2.70. The van der Waals surface area contributed by atoms with Gasteiger partial charge in [0.1, 0.15) is 12.4 Å². The van der Waals surface area contributed by atoms with Crippen molar-refractivity contribution >= 4 is 17.6 Å². The molecule has 3 rings (SSSR count). The topological polar surface area (TPSA) is 74.8 Å². The molecular weight excluding hydrogens is 378 g/mol. The summed E-state index contributed by atoms with van der Waals surface area (Å²) in [5.41, 5.74) is 1.90. The van der Waals surface area contributed by atoms with E-state index in [1.165, 1.54) is 6.07 Å². The third-order valence-corrected chi connectivity index (χ3v) is 4.47. The quantitative estimate of drug-likeness (QED) is 0.378. The minimum Gasteiger partial charge on any atom is -0.489 e. The fourth-order valence-corrected chi connectivity index (χ4v) is 3.13. The molecule has 1 heterocycles. The fourth-order valence-electron chi connectivity index (χ4n) is 3.13. The number of guanidine groups is 1. The van der Waals surface area contributed by atoms with Crippen LogP contribution in [0.5, 0.6) is 5.75 Å². The van der Waals surface area contributed by atoms with E-state index in [1.807, 2.05) is 31.2 Å². The molecule has 2 aromatic carbocycles. The molecule has 1 unspecified atom stereocenters. The van der Waals surface area contributed by atoms with E-state index in [0.29, 0.717) is 32.0 Å². The van der Waals surface area contributed by atoms with Gasteiger partial charge in [0.15, 0.2) is 17.5 Å². The zero-order valence-electron chi connectivity index (χ0n) is 16.2. The standard InChI is InChI=1S/C21H24F2N4O2/c1-2-24-21(25-9-10-29-19-8-7-15(22)12-17(19)23)26-13-14-11-20(28)27-18-6-4-3-5-16(14)18/h3-8,12,14H,2,9-11,13H2,1H3,(H,27,28)(H2,24,25,26). The van der Waals surface area contributed by atoms with Crippen LogP contribution in [-0.4, -0.2) is 38.1 Å². The molecule has 8 heteroatoms. The van der Waals surface area contributed by atoms with Gasteiger partial charge in [-0.1, -0.05) is 18.2 Å². The second-order valence-corrected chi connectivity index (χ2v) is 6.61. The normalized spacial score (nSPS) is 16.0. The molecule has 6 nitrogen and oxygen atoms in total. The maximum absolute atomic E-state index is 13.6. The summed E-state index contributed by atoms with van der Waals surface area (Å²) in [5, 5.41) is 9.13. The Kier molecular flexibility index (Phi) is 6.99. The molecule has 1 amide bonds. The predicted molar refractivity (Wildman–Crippen MR) is 108 cm³/mol. The first-order valence-electron chi connectivity index (χ1n) is 9.55. The Labute approximate surface area is 168 Å². The Hall–Kier alpha value is -3.16. The van der Waals surface area contributed by atoms with Crippen molar-refractivity contribution in [2.45, 2.75) is 19.3 Å². The molecule has 0 aliphatic carbocycles. The highest BCUT2D eigenvalue weighted by Gasteiger charge is 2.24. The zero-order valence-corrected chi connectivity index (χ0v) is 16.2. The summed E-state index contributed by atoms with van der Waals surface area (Å²) in [4.78, 5) is 16.5. The summed E-state index contributed by atoms with van der Waals surface area (Å²) in [6.07, 6.45) is 0.382. The summed E-state index contributed by atoms with van der Waals surface area (Å²) in [7, 11) is 0. The number of amides is 1. The number of hydrogen-bond acceptors (Lipinski definition) is 3. The predicted octanol–water partition coefficient (Wildman–Crippen LogP) is 3.02. The van der Waals surface area contributed by atoms with Crippen molar-refractivity contribution in [1.82, 2.24) is 10.6 Å². The van der Waals surface area contributed by atoms with Gasteiger partial charge in [-0.25, -0.2) is 8.78 Å². The van der Waals surface area contributed by atoms with Crippen LogP contribution in [0.2, 0.25) is 0 Å². The number of halogens is 2. The lowest BCUT2D eigenvalue weighted by Crippen LogP contribution is -2.39. The van der Waals surface area contributed by atoms with E-state index < -0.39 is 11.6 Å². The number of anilines is 1. The molecule has 1 atom stereocenters. The van der Waals surface area contributed by atoms with E-state index in [0.717, 1.165) is 23.4 Å². The molecule has 1 aliphatic rings. The van der Waals surface area contributed by atoms with Gasteiger partial charge in [0, 0.05) is 30.6 Å². The molecule has 0 bridgehead atoms. The number of para-hydroxylation sites is 1. The van der Waals surface area contributed by atoms with Crippen molar-refractivity contribution in [3.05, 3.63) is 59.7 Å². The van der Waals surface area contributed by atoms with Crippen molar-refractivity contribution in [3.63, 3.8) is 0 Å². The van der Waals surface area contributed by atoms with Crippen molar-refractivity contribution in [3.8, 4) is 5.75 Å². The molecule has 29 heavy (non-hydrogen) atoms. The van der Waals surface area contributed by atoms with Crippen molar-refractivity contribution in [2.24, 2.45) is 4.99 Å². The monoisotopic (exact) mass is 402 g/mol. The molecule has 154 valence electrons. The number of ether oxygens (including phenoxy) is 1. The highest BCUT2D eigenvalue weighted by molar-refractivity contribution is 5.94. The van der Waals surface area contributed by atoms with Crippen LogP contribution in [0.3, 0.4) is 0 Å². The van der Waals surface area contributed by atoms with E-state index in [-0.39, 0.29) is 24.2 Å². The van der Waals surface area contributed by atoms with Gasteiger partial charge in [-0.15, -0.1) is 0 Å². The lowest BCUT2D eigenvalue weighted by Gasteiger charge is -2.24. The van der Waals surface area contributed by atoms with E-state index >= 15 is 0 Å². The largest absolute Gasteiger partial charge is 0.489 e. The molecular formula is C21H24F2N4O2. The zero-order chi connectivity index (χ0) is 20.6. The molecule has 0 saturated heterocycles. The summed E-state index contributed by atoms with van der Waals surface area (Å²) >= 11 is 0. The molecule has 0 saturated carbocycles. The van der Waals surface area contributed by atoms with Gasteiger partial charge in [-0.2, -0.15) is 0 Å². The van der Waals surface area contributed by atoms with Crippen LogP contribution in [-0.2, 0) is 4.79 Å². The third kappa shape index (κ3) is 5.66. The Morgan fingerprint density at radius 3 is 2.86 bits per heavy atom. The van der Waals surface area contributed by atoms with E-state index in [4.69, 9.17) is 4.74 Å². The number of benzene rings is 2. The molecule has 0 spiro atoms. The number of fused-ring (bicyclic) bond motifs is 1. The number of rotatable bonds is 7. The van der Waals surface area contributed by atoms with Gasteiger partial charge in [0.05, 0.1) is 13.1 Å². The number of carbonyl (C=O) groups excluding carboxylic acids is 1. The third-order valence-electron chi connectivity index (χ3n) is 4.47. The van der Waals surface area contributed by atoms with Gasteiger partial charge in [0.2, 0.25) is 5.91 Å². The van der Waals surface area contributed by atoms with Crippen LogP contribution in [0.4, 0.5) is 14.5 Å². The summed E-state index contributed by atoms with van der Waals surface area (Å²) in [5.74, 6) is -0.817. The van der Waals surface area contributed by atoms with E-state index in [1.54, 1.807) is 0 Å². The smallest absolute Gasteiger partial charge is 0.225 e. The van der Waals surface area contributed by atoms with Gasteiger partial charge in [-0.3, -0.25) is 9.79 Å². The Morgan fingerprint density at radius 1 is 1.24 bits per heavy atom. The highest BCUT2D eigenvalue weighted by atomic mass is 19.1. The minimum absolute atomic E-state index is 0.0000304. The van der Waals surface area contributed by atoms with Gasteiger partial charge in [-0.05, 0) is 30.7 Å². The lowest BCUT2D eigenvalue weighted by molar-refractivity contribution is -0.116. The molecule has 0 radical (unpaired) electrons. The number of aliphatic imine (C=N–C) groups is 1. The lowest BCUT2D eigenvalue weighted by atomic mass is 9.91. The molecule has 2 aromatic rings. The van der Waals surface area contributed by atoms with Crippen molar-refractivity contribution in [2.75, 3.05) is 31.6 Å². The van der Waals surface area contributed by atoms with Crippen LogP contribution in [0, 0.1) is 11.6 Å². The van der Waals surface area contributed by atoms with E-state index in [2.05, 4.69) is 20.9 Å². The summed E-state index contributed by atoms with van der Waals surface area (Å²) < 4.78 is 31.8. The molecule has 1 aliphatic heterocycles. The summed E-state index contributed by atoms with van der Waals surface area (Å²) in [6.45, 7) is 3.63. The first-order valence-corrected chi connectivity index (χ1v) is 9.55. The number of carbonyl (C=O) groups is 1. The molecule has 0 aromatic heterocycles. The second-order valence-electron chi connectivity index (χ2n) is 6.61. The van der Waals surface area contributed by atoms with Crippen LogP contribution >= 0.6 is 0 Å². The molecule has 0 fully saturated rings. The second kappa shape index (κ2) is 9.86. The number of nitrogens with zero attached hydrogens (tertiary/aromatic N) is 1. The maximum atomic E-state index is 13.6. The van der Waals surface area contributed by atoms with Gasteiger partial charge < -0.3 is 20.7 Å². The first-order chi connectivity index (χ1) is 14.1. The van der Waals surface area contributed by atoms with E-state index in [9.17, 15) is 13.6 Å². The van der Waals surface area contributed by atoms with Gasteiger partial charge in [0.25, 0.3) is 0 Å². The Balaban J connectivity index is 1.55. The van der Waals surface area contributed by atoms with Crippen LogP contribution in [0.15, 0.2) is 47.5 Å². The van der Waals surface area contributed by atoms with Crippen LogP contribution in [0.1, 0.15) is 24.8 Å². The van der Waals surface area contributed by atoms with Crippen molar-refractivity contribution in [1.29, 1.82) is 0 Å². The highest BCUT2D eigenvalue weighted by Crippen LogP contribution is 2.31. The average molecular weight is 402 g/mol. The number of nitrogens with one attached hydrogen (secondary N) is 3. The van der Waals surface area contributed by atoms with Gasteiger partial charge >= 0.3 is 0 Å². The van der Waals surface area contributed by atoms with Crippen LogP contribution < -0.4 is 20.7 Å². The maximum Gasteiger partial charge on any atom is 0.225 e. The number of hydrogen-bond donors (Lipinski definition) is 3. The SMILES string of the molecule is CCNC(=NCC1CC(=O)Nc2ccccc21)NCCOc1ccc(F)cc1F. The Bertz CT molecular complexity index is 889. The minimum atomic E-state index is -0.736. The van der Waals surface area contributed by atoms with Crippen LogP contribution in [0.25, 0.3) is 0 Å². The van der Waals surface area contributed by atoms with Crippen molar-refractivity contribution < 1.29 is 18.3 Å². The summed E-state index contributed by atoms with van der Waals surface area (Å²) in [6, 6.07) is 10.9. The first kappa shape index (κ1) is 20.6.